The van der Waals surface area contributed by atoms with E-state index >= 15 is 0 Å². The van der Waals surface area contributed by atoms with Crippen molar-refractivity contribution in [3.63, 3.8) is 0 Å². The molecular formula is C14H16N4O2. The molecule has 2 heterocycles. The maximum absolute atomic E-state index is 11.9. The van der Waals surface area contributed by atoms with Gasteiger partial charge in [-0.1, -0.05) is 18.2 Å². The van der Waals surface area contributed by atoms with Crippen LogP contribution in [0.15, 0.2) is 24.3 Å². The molecule has 20 heavy (non-hydrogen) atoms. The molecule has 6 nitrogen and oxygen atoms in total. The summed E-state index contributed by atoms with van der Waals surface area (Å²) in [7, 11) is 0. The summed E-state index contributed by atoms with van der Waals surface area (Å²) in [6.45, 7) is 2.40. The minimum Gasteiger partial charge on any atom is -0.358 e. The van der Waals surface area contributed by atoms with E-state index in [0.29, 0.717) is 6.54 Å². The Morgan fingerprint density at radius 2 is 2.15 bits per heavy atom. The van der Waals surface area contributed by atoms with Crippen LogP contribution >= 0.6 is 0 Å². The Hall–Kier alpha value is -2.34. The van der Waals surface area contributed by atoms with Crippen LogP contribution in [0.4, 0.5) is 0 Å². The Bertz CT molecular complexity index is 692. The minimum absolute atomic E-state index is 0.206. The van der Waals surface area contributed by atoms with Crippen LogP contribution in [0.3, 0.4) is 0 Å². The third-order valence-corrected chi connectivity index (χ3v) is 3.92. The molecule has 2 aromatic rings. The summed E-state index contributed by atoms with van der Waals surface area (Å²) >= 11 is 0. The van der Waals surface area contributed by atoms with Crippen LogP contribution in [-0.4, -0.2) is 23.3 Å². The standard InChI is InChI=1S/C14H16N4O2/c1-7-11(8-4-2-3-5-10(8)17-7)9-6-16-13(19)12(9)14(20)18-15/h2-5,9,12,17H,6,15H2,1H3,(H,16,19)(H,18,20). The second-order valence-electron chi connectivity index (χ2n) is 5.05. The lowest BCUT2D eigenvalue weighted by molar-refractivity contribution is -0.133. The number of para-hydroxylation sites is 1. The lowest BCUT2D eigenvalue weighted by Crippen LogP contribution is -2.40. The van der Waals surface area contributed by atoms with E-state index in [1.165, 1.54) is 0 Å². The number of rotatable bonds is 2. The number of benzene rings is 1. The number of hydrogen-bond donors (Lipinski definition) is 4. The number of H-pyrrole nitrogens is 1. The van der Waals surface area contributed by atoms with Crippen LogP contribution in [0.2, 0.25) is 0 Å². The summed E-state index contributed by atoms with van der Waals surface area (Å²) in [5.41, 5.74) is 5.07. The monoisotopic (exact) mass is 272 g/mol. The normalized spacial score (nSPS) is 22.0. The molecule has 0 spiro atoms. The van der Waals surface area contributed by atoms with Crippen molar-refractivity contribution in [3.8, 4) is 0 Å². The summed E-state index contributed by atoms with van der Waals surface area (Å²) in [6.07, 6.45) is 0. The molecule has 0 aliphatic carbocycles. The van der Waals surface area contributed by atoms with Gasteiger partial charge in [0.2, 0.25) is 11.8 Å². The topological polar surface area (TPSA) is 100 Å². The SMILES string of the molecule is Cc1[nH]c2ccccc2c1C1CNC(=O)C1C(=O)NN. The van der Waals surface area contributed by atoms with Gasteiger partial charge in [0.05, 0.1) is 0 Å². The summed E-state index contributed by atoms with van der Waals surface area (Å²) in [4.78, 5) is 27.1. The first-order chi connectivity index (χ1) is 9.63. The molecule has 1 aliphatic rings. The van der Waals surface area contributed by atoms with Gasteiger partial charge in [0.1, 0.15) is 5.92 Å². The van der Waals surface area contributed by atoms with Gasteiger partial charge in [-0.15, -0.1) is 0 Å². The highest BCUT2D eigenvalue weighted by molar-refractivity contribution is 6.03. The molecular weight excluding hydrogens is 256 g/mol. The number of amides is 2. The number of nitrogens with one attached hydrogen (secondary N) is 3. The molecule has 1 aliphatic heterocycles. The van der Waals surface area contributed by atoms with Gasteiger partial charge in [-0.25, -0.2) is 5.84 Å². The molecule has 1 saturated heterocycles. The van der Waals surface area contributed by atoms with Crippen molar-refractivity contribution in [3.05, 3.63) is 35.5 Å². The van der Waals surface area contributed by atoms with Crippen molar-refractivity contribution in [2.45, 2.75) is 12.8 Å². The fourth-order valence-corrected chi connectivity index (χ4v) is 3.06. The second kappa shape index (κ2) is 4.64. The Morgan fingerprint density at radius 3 is 2.90 bits per heavy atom. The Morgan fingerprint density at radius 1 is 1.40 bits per heavy atom. The number of hydrogen-bond acceptors (Lipinski definition) is 3. The van der Waals surface area contributed by atoms with Gasteiger partial charge in [-0.2, -0.15) is 0 Å². The molecule has 1 aromatic carbocycles. The predicted octanol–water partition coefficient (Wildman–Crippen LogP) is 0.296. The van der Waals surface area contributed by atoms with Crippen molar-refractivity contribution >= 4 is 22.7 Å². The second-order valence-corrected chi connectivity index (χ2v) is 5.05. The van der Waals surface area contributed by atoms with E-state index in [1.54, 1.807) is 0 Å². The van der Waals surface area contributed by atoms with Crippen molar-refractivity contribution < 1.29 is 9.59 Å². The molecule has 6 heteroatoms. The molecule has 1 fully saturated rings. The molecule has 0 bridgehead atoms. The van der Waals surface area contributed by atoms with E-state index in [1.807, 2.05) is 31.2 Å². The number of hydrazine groups is 1. The number of carbonyl (C=O) groups is 2. The zero-order valence-electron chi connectivity index (χ0n) is 11.1. The number of aromatic amines is 1. The molecule has 2 atom stereocenters. The third kappa shape index (κ3) is 1.77. The molecule has 2 unspecified atom stereocenters. The van der Waals surface area contributed by atoms with E-state index in [-0.39, 0.29) is 11.8 Å². The average Bonchev–Trinajstić information content (AvgIpc) is 2.97. The maximum atomic E-state index is 11.9. The largest absolute Gasteiger partial charge is 0.358 e. The predicted molar refractivity (Wildman–Crippen MR) is 74.6 cm³/mol. The molecule has 104 valence electrons. The molecule has 5 N–H and O–H groups in total. The maximum Gasteiger partial charge on any atom is 0.247 e. The Balaban J connectivity index is 2.12. The quantitative estimate of drug-likeness (QED) is 0.274. The van der Waals surface area contributed by atoms with Crippen LogP contribution in [0.25, 0.3) is 10.9 Å². The van der Waals surface area contributed by atoms with Gasteiger partial charge in [-0.3, -0.25) is 15.0 Å². The van der Waals surface area contributed by atoms with Crippen molar-refractivity contribution in [2.75, 3.05) is 6.54 Å². The molecule has 1 aromatic heterocycles. The van der Waals surface area contributed by atoms with E-state index in [2.05, 4.69) is 15.7 Å². The zero-order chi connectivity index (χ0) is 14.3. The number of aryl methyl sites for hydroxylation is 1. The molecule has 2 amide bonds. The fraction of sp³-hybridized carbons (Fsp3) is 0.286. The van der Waals surface area contributed by atoms with Crippen LogP contribution in [0, 0.1) is 12.8 Å². The highest BCUT2D eigenvalue weighted by Gasteiger charge is 2.42. The summed E-state index contributed by atoms with van der Waals surface area (Å²) in [5.74, 6) is 3.48. The number of fused-ring (bicyclic) bond motifs is 1. The summed E-state index contributed by atoms with van der Waals surface area (Å²) in [6, 6.07) is 7.87. The first-order valence-electron chi connectivity index (χ1n) is 6.49. The van der Waals surface area contributed by atoms with Gasteiger partial charge in [-0.05, 0) is 18.6 Å². The van der Waals surface area contributed by atoms with Crippen LogP contribution in [-0.2, 0) is 9.59 Å². The first kappa shape index (κ1) is 12.7. The van der Waals surface area contributed by atoms with Crippen molar-refractivity contribution in [1.29, 1.82) is 0 Å². The van der Waals surface area contributed by atoms with Crippen molar-refractivity contribution in [1.82, 2.24) is 15.7 Å². The fourth-order valence-electron chi connectivity index (χ4n) is 3.06. The van der Waals surface area contributed by atoms with Crippen LogP contribution in [0.5, 0.6) is 0 Å². The highest BCUT2D eigenvalue weighted by atomic mass is 16.2. The Labute approximate surface area is 115 Å². The van der Waals surface area contributed by atoms with Crippen LogP contribution in [0.1, 0.15) is 17.2 Å². The van der Waals surface area contributed by atoms with Gasteiger partial charge in [0.25, 0.3) is 0 Å². The third-order valence-electron chi connectivity index (χ3n) is 3.92. The molecule has 0 saturated carbocycles. The number of nitrogens with two attached hydrogens (primary N) is 1. The van der Waals surface area contributed by atoms with Gasteiger partial charge >= 0.3 is 0 Å². The van der Waals surface area contributed by atoms with E-state index in [0.717, 1.165) is 22.2 Å². The van der Waals surface area contributed by atoms with E-state index in [9.17, 15) is 9.59 Å². The number of aromatic nitrogens is 1. The summed E-state index contributed by atoms with van der Waals surface area (Å²) < 4.78 is 0. The average molecular weight is 272 g/mol. The molecule has 3 rings (SSSR count). The van der Waals surface area contributed by atoms with E-state index in [4.69, 9.17) is 5.84 Å². The smallest absolute Gasteiger partial charge is 0.247 e. The first-order valence-corrected chi connectivity index (χ1v) is 6.49. The minimum atomic E-state index is -0.780. The zero-order valence-corrected chi connectivity index (χ0v) is 11.1. The van der Waals surface area contributed by atoms with Gasteiger partial charge in [0, 0.05) is 29.1 Å². The van der Waals surface area contributed by atoms with Gasteiger partial charge < -0.3 is 10.3 Å². The number of carbonyl (C=O) groups excluding carboxylic acids is 2. The highest BCUT2D eigenvalue weighted by Crippen LogP contribution is 2.36. The van der Waals surface area contributed by atoms with Crippen LogP contribution < -0.4 is 16.6 Å². The summed E-state index contributed by atoms with van der Waals surface area (Å²) in [5, 5.41) is 3.79. The lowest BCUT2D eigenvalue weighted by atomic mass is 9.86. The Kier molecular flexibility index (Phi) is 2.94. The molecule has 0 radical (unpaired) electrons. The van der Waals surface area contributed by atoms with E-state index < -0.39 is 11.8 Å². The van der Waals surface area contributed by atoms with Gasteiger partial charge in [0.15, 0.2) is 0 Å². The van der Waals surface area contributed by atoms with Crippen molar-refractivity contribution in [2.24, 2.45) is 11.8 Å². The lowest BCUT2D eigenvalue weighted by Gasteiger charge is -2.16.